The summed E-state index contributed by atoms with van der Waals surface area (Å²) >= 11 is 0. The van der Waals surface area contributed by atoms with E-state index in [2.05, 4.69) is 13.8 Å². The van der Waals surface area contributed by atoms with E-state index in [-0.39, 0.29) is 13.0 Å². The third-order valence-electron chi connectivity index (χ3n) is 2.83. The van der Waals surface area contributed by atoms with Crippen LogP contribution in [0.3, 0.4) is 0 Å². The van der Waals surface area contributed by atoms with Crippen molar-refractivity contribution < 1.29 is 17.7 Å². The molecule has 1 aromatic rings. The first-order valence-corrected chi connectivity index (χ1v) is 7.50. The first-order chi connectivity index (χ1) is 8.30. The van der Waals surface area contributed by atoms with E-state index < -0.39 is 15.4 Å². The molecular weight excluding hydrogens is 252 g/mol. The summed E-state index contributed by atoms with van der Waals surface area (Å²) in [4.78, 5) is 0. The molecular formula is C13H20O4S. The Bertz CT molecular complexity index is 480. The van der Waals surface area contributed by atoms with Crippen LogP contribution < -0.4 is 4.74 Å². The van der Waals surface area contributed by atoms with E-state index in [1.165, 1.54) is 12.5 Å². The van der Waals surface area contributed by atoms with E-state index in [1.54, 1.807) is 0 Å². The summed E-state index contributed by atoms with van der Waals surface area (Å²) in [5.74, 6) is 1.15. The lowest BCUT2D eigenvalue weighted by Gasteiger charge is -2.11. The lowest BCUT2D eigenvalue weighted by atomic mass is 10.0. The van der Waals surface area contributed by atoms with Crippen molar-refractivity contribution in [2.45, 2.75) is 38.4 Å². The summed E-state index contributed by atoms with van der Waals surface area (Å²) in [7, 11) is -3.96. The predicted octanol–water partition coefficient (Wildman–Crippen LogP) is 2.86. The molecule has 0 aliphatic heterocycles. The fourth-order valence-corrected chi connectivity index (χ4v) is 1.85. The van der Waals surface area contributed by atoms with Crippen LogP contribution in [0.2, 0.25) is 0 Å². The summed E-state index contributed by atoms with van der Waals surface area (Å²) in [5, 5.41) is -0.800. The zero-order chi connectivity index (χ0) is 13.8. The molecule has 0 amide bonds. The zero-order valence-electron chi connectivity index (χ0n) is 11.0. The molecule has 4 nitrogen and oxygen atoms in total. The Kier molecular flexibility index (Phi) is 5.16. The number of benzene rings is 1. The minimum Gasteiger partial charge on any atom is -0.494 e. The van der Waals surface area contributed by atoms with Gasteiger partial charge in [0.05, 0.1) is 11.9 Å². The Morgan fingerprint density at radius 2 is 1.94 bits per heavy atom. The molecule has 1 unspecified atom stereocenters. The molecule has 0 bridgehead atoms. The Morgan fingerprint density at radius 1 is 1.28 bits per heavy atom. The van der Waals surface area contributed by atoms with Gasteiger partial charge >= 0.3 is 0 Å². The highest BCUT2D eigenvalue weighted by Gasteiger charge is 2.16. The second kappa shape index (κ2) is 6.20. The van der Waals surface area contributed by atoms with Crippen LogP contribution in [-0.2, 0) is 10.1 Å². The van der Waals surface area contributed by atoms with E-state index in [4.69, 9.17) is 9.29 Å². The largest absolute Gasteiger partial charge is 0.494 e. The molecule has 18 heavy (non-hydrogen) atoms. The zero-order valence-corrected chi connectivity index (χ0v) is 11.8. The van der Waals surface area contributed by atoms with Crippen LogP contribution in [0.1, 0.15) is 38.7 Å². The van der Waals surface area contributed by atoms with Crippen LogP contribution >= 0.6 is 0 Å². The van der Waals surface area contributed by atoms with Crippen molar-refractivity contribution in [2.75, 3.05) is 6.61 Å². The first kappa shape index (κ1) is 15.0. The second-order valence-corrected chi connectivity index (χ2v) is 6.52. The molecule has 0 radical (unpaired) electrons. The molecule has 0 spiro atoms. The Labute approximate surface area is 109 Å². The molecule has 5 heteroatoms. The molecule has 0 aliphatic carbocycles. The van der Waals surface area contributed by atoms with Crippen molar-refractivity contribution in [2.24, 2.45) is 0 Å². The van der Waals surface area contributed by atoms with Crippen LogP contribution in [-0.4, -0.2) is 24.8 Å². The topological polar surface area (TPSA) is 63.6 Å². The van der Waals surface area contributed by atoms with E-state index in [1.807, 2.05) is 24.3 Å². The Morgan fingerprint density at radius 3 is 2.50 bits per heavy atom. The lowest BCUT2D eigenvalue weighted by molar-refractivity contribution is 0.306. The van der Waals surface area contributed by atoms with Crippen LogP contribution in [0.25, 0.3) is 0 Å². The van der Waals surface area contributed by atoms with Crippen molar-refractivity contribution in [3.05, 3.63) is 29.8 Å². The molecule has 0 saturated heterocycles. The van der Waals surface area contributed by atoms with E-state index in [0.717, 1.165) is 5.75 Å². The van der Waals surface area contributed by atoms with Gasteiger partial charge in [0.15, 0.2) is 0 Å². The average Bonchev–Trinajstić information content (AvgIpc) is 2.28. The standard InChI is InChI=1S/C13H20O4S/c1-10(2)12-5-4-6-13(9-12)17-8-7-11(3)18(14,15)16/h4-6,9-11H,7-8H2,1-3H3,(H,14,15,16). The molecule has 0 fully saturated rings. The van der Waals surface area contributed by atoms with Crippen LogP contribution in [0.4, 0.5) is 0 Å². The van der Waals surface area contributed by atoms with Crippen LogP contribution in [0, 0.1) is 0 Å². The van der Waals surface area contributed by atoms with Gasteiger partial charge in [-0.25, -0.2) is 0 Å². The van der Waals surface area contributed by atoms with Crippen molar-refractivity contribution in [3.8, 4) is 5.75 Å². The van der Waals surface area contributed by atoms with Gasteiger partial charge in [-0.05, 0) is 30.5 Å². The minimum atomic E-state index is -3.96. The average molecular weight is 272 g/mol. The summed E-state index contributed by atoms with van der Waals surface area (Å²) in [5.41, 5.74) is 1.18. The highest BCUT2D eigenvalue weighted by Crippen LogP contribution is 2.20. The van der Waals surface area contributed by atoms with E-state index in [0.29, 0.717) is 5.92 Å². The predicted molar refractivity (Wildman–Crippen MR) is 71.7 cm³/mol. The van der Waals surface area contributed by atoms with Gasteiger partial charge in [-0.2, -0.15) is 8.42 Å². The molecule has 1 aromatic carbocycles. The number of rotatable bonds is 6. The van der Waals surface area contributed by atoms with Crippen molar-refractivity contribution in [3.63, 3.8) is 0 Å². The fraction of sp³-hybridized carbons (Fsp3) is 0.538. The highest BCUT2D eigenvalue weighted by molar-refractivity contribution is 7.86. The molecule has 0 aliphatic rings. The van der Waals surface area contributed by atoms with Gasteiger partial charge in [-0.1, -0.05) is 26.0 Å². The third kappa shape index (κ3) is 4.66. The minimum absolute atomic E-state index is 0.266. The van der Waals surface area contributed by atoms with Crippen LogP contribution in [0.5, 0.6) is 5.75 Å². The molecule has 102 valence electrons. The molecule has 1 atom stereocenters. The molecule has 1 N–H and O–H groups in total. The van der Waals surface area contributed by atoms with Gasteiger partial charge in [-0.3, -0.25) is 4.55 Å². The van der Waals surface area contributed by atoms with E-state index >= 15 is 0 Å². The molecule has 1 rings (SSSR count). The number of hydrogen-bond acceptors (Lipinski definition) is 3. The van der Waals surface area contributed by atoms with Gasteiger partial charge in [0.1, 0.15) is 5.75 Å². The smallest absolute Gasteiger partial charge is 0.267 e. The highest BCUT2D eigenvalue weighted by atomic mass is 32.2. The number of hydrogen-bond donors (Lipinski definition) is 1. The Balaban J connectivity index is 2.52. The maximum Gasteiger partial charge on any atom is 0.267 e. The summed E-state index contributed by atoms with van der Waals surface area (Å²) in [6.07, 6.45) is 0.269. The molecule has 0 heterocycles. The van der Waals surface area contributed by atoms with Crippen molar-refractivity contribution >= 4 is 10.1 Å². The molecule has 0 saturated carbocycles. The van der Waals surface area contributed by atoms with Gasteiger partial charge in [0.2, 0.25) is 0 Å². The van der Waals surface area contributed by atoms with Crippen molar-refractivity contribution in [1.82, 2.24) is 0 Å². The maximum atomic E-state index is 10.8. The third-order valence-corrected chi connectivity index (χ3v) is 4.08. The quantitative estimate of drug-likeness (QED) is 0.809. The van der Waals surface area contributed by atoms with Gasteiger partial charge in [0.25, 0.3) is 10.1 Å². The second-order valence-electron chi connectivity index (χ2n) is 4.69. The lowest BCUT2D eigenvalue weighted by Crippen LogP contribution is -2.19. The first-order valence-electron chi connectivity index (χ1n) is 5.99. The SMILES string of the molecule is CC(C)c1cccc(OCCC(C)S(=O)(=O)O)c1. The monoisotopic (exact) mass is 272 g/mol. The molecule has 0 aromatic heterocycles. The van der Waals surface area contributed by atoms with E-state index in [9.17, 15) is 8.42 Å². The van der Waals surface area contributed by atoms with Gasteiger partial charge in [-0.15, -0.1) is 0 Å². The van der Waals surface area contributed by atoms with Gasteiger partial charge in [0, 0.05) is 6.42 Å². The maximum absolute atomic E-state index is 10.8. The fourth-order valence-electron chi connectivity index (χ4n) is 1.46. The Hall–Kier alpha value is -1.07. The summed E-state index contributed by atoms with van der Waals surface area (Å²) < 4.78 is 35.9. The van der Waals surface area contributed by atoms with Crippen LogP contribution in [0.15, 0.2) is 24.3 Å². The van der Waals surface area contributed by atoms with Gasteiger partial charge < -0.3 is 4.74 Å². The van der Waals surface area contributed by atoms with Crippen molar-refractivity contribution in [1.29, 1.82) is 0 Å². The summed E-state index contributed by atoms with van der Waals surface area (Å²) in [6, 6.07) is 7.72. The summed E-state index contributed by atoms with van der Waals surface area (Å²) in [6.45, 7) is 5.92. The number of ether oxygens (including phenoxy) is 1. The normalized spacial score (nSPS) is 13.6.